The van der Waals surface area contributed by atoms with E-state index in [0.29, 0.717) is 28.9 Å². The molecule has 30 heavy (non-hydrogen) atoms. The van der Waals surface area contributed by atoms with E-state index in [2.05, 4.69) is 16.0 Å². The highest BCUT2D eigenvalue weighted by molar-refractivity contribution is 6.09. The van der Waals surface area contributed by atoms with Crippen molar-refractivity contribution in [1.29, 1.82) is 0 Å². The third-order valence-electron chi connectivity index (χ3n) is 4.12. The Balaban J connectivity index is 2.34. The predicted molar refractivity (Wildman–Crippen MR) is 114 cm³/mol. The molecule has 9 heteroatoms. The SMILES string of the molecule is CCC(=O)Nc1cccc(NC(=O)/C(=C/c2cccc([N+](=O)[O-])c2)NC(C)=O)c1C. The minimum Gasteiger partial charge on any atom is -0.326 e. The Labute approximate surface area is 173 Å². The second-order valence-corrected chi connectivity index (χ2v) is 6.43. The summed E-state index contributed by atoms with van der Waals surface area (Å²) in [5, 5.41) is 18.9. The number of benzene rings is 2. The van der Waals surface area contributed by atoms with Gasteiger partial charge in [-0.2, -0.15) is 0 Å². The van der Waals surface area contributed by atoms with Crippen LogP contribution in [0.15, 0.2) is 48.2 Å². The van der Waals surface area contributed by atoms with Crippen LogP contribution < -0.4 is 16.0 Å². The number of rotatable bonds is 7. The maximum absolute atomic E-state index is 12.8. The molecule has 0 heterocycles. The number of amides is 3. The van der Waals surface area contributed by atoms with Crippen molar-refractivity contribution in [1.82, 2.24) is 5.32 Å². The lowest BCUT2D eigenvalue weighted by molar-refractivity contribution is -0.384. The number of nitro benzene ring substituents is 1. The molecule has 0 saturated heterocycles. The molecule has 0 aliphatic rings. The van der Waals surface area contributed by atoms with Crippen molar-refractivity contribution in [3.63, 3.8) is 0 Å². The van der Waals surface area contributed by atoms with E-state index in [9.17, 15) is 24.5 Å². The Morgan fingerprint density at radius 3 is 2.30 bits per heavy atom. The molecular formula is C21H22N4O5. The van der Waals surface area contributed by atoms with E-state index >= 15 is 0 Å². The van der Waals surface area contributed by atoms with Gasteiger partial charge >= 0.3 is 0 Å². The van der Waals surface area contributed by atoms with Gasteiger partial charge in [0.1, 0.15) is 5.70 Å². The predicted octanol–water partition coefficient (Wildman–Crippen LogP) is 3.37. The van der Waals surface area contributed by atoms with Gasteiger partial charge < -0.3 is 16.0 Å². The maximum Gasteiger partial charge on any atom is 0.272 e. The highest BCUT2D eigenvalue weighted by Crippen LogP contribution is 2.24. The number of non-ortho nitro benzene ring substituents is 1. The fraction of sp³-hybridized carbons (Fsp3) is 0.190. The number of hydrogen-bond acceptors (Lipinski definition) is 5. The molecule has 2 aromatic rings. The van der Waals surface area contributed by atoms with Gasteiger partial charge in [0.05, 0.1) is 4.92 Å². The summed E-state index contributed by atoms with van der Waals surface area (Å²) < 4.78 is 0. The van der Waals surface area contributed by atoms with Crippen molar-refractivity contribution in [3.8, 4) is 0 Å². The molecular weight excluding hydrogens is 388 g/mol. The molecule has 0 fully saturated rings. The van der Waals surface area contributed by atoms with Gasteiger partial charge in [0, 0.05) is 36.9 Å². The molecule has 0 bridgehead atoms. The number of nitro groups is 1. The van der Waals surface area contributed by atoms with E-state index in [1.54, 1.807) is 38.1 Å². The molecule has 3 amide bonds. The molecule has 0 spiro atoms. The van der Waals surface area contributed by atoms with E-state index in [4.69, 9.17) is 0 Å². The molecule has 156 valence electrons. The van der Waals surface area contributed by atoms with Crippen LogP contribution >= 0.6 is 0 Å². The van der Waals surface area contributed by atoms with Gasteiger partial charge in [0.15, 0.2) is 0 Å². The average molecular weight is 410 g/mol. The first kappa shape index (κ1) is 22.3. The van der Waals surface area contributed by atoms with E-state index in [1.165, 1.54) is 31.2 Å². The molecule has 0 aromatic heterocycles. The van der Waals surface area contributed by atoms with Gasteiger partial charge in [-0.05, 0) is 36.3 Å². The number of nitrogens with zero attached hydrogens (tertiary/aromatic N) is 1. The number of carbonyl (C=O) groups excluding carboxylic acids is 3. The van der Waals surface area contributed by atoms with Gasteiger partial charge in [0.2, 0.25) is 11.8 Å². The molecule has 0 atom stereocenters. The van der Waals surface area contributed by atoms with Crippen LogP contribution in [0.25, 0.3) is 6.08 Å². The van der Waals surface area contributed by atoms with Gasteiger partial charge in [0.25, 0.3) is 11.6 Å². The van der Waals surface area contributed by atoms with Crippen LogP contribution in [-0.4, -0.2) is 22.6 Å². The molecule has 2 aromatic carbocycles. The summed E-state index contributed by atoms with van der Waals surface area (Å²) in [4.78, 5) is 46.5. The summed E-state index contributed by atoms with van der Waals surface area (Å²) in [6.07, 6.45) is 1.66. The van der Waals surface area contributed by atoms with Crippen molar-refractivity contribution in [2.24, 2.45) is 0 Å². The Morgan fingerprint density at radius 1 is 1.07 bits per heavy atom. The van der Waals surface area contributed by atoms with Crippen LogP contribution in [0.4, 0.5) is 17.1 Å². The van der Waals surface area contributed by atoms with E-state index in [0.717, 1.165) is 0 Å². The van der Waals surface area contributed by atoms with Crippen molar-refractivity contribution < 1.29 is 19.3 Å². The summed E-state index contributed by atoms with van der Waals surface area (Å²) in [6.45, 7) is 4.72. The van der Waals surface area contributed by atoms with Gasteiger partial charge in [-0.25, -0.2) is 0 Å². The molecule has 0 radical (unpaired) electrons. The zero-order valence-corrected chi connectivity index (χ0v) is 16.8. The van der Waals surface area contributed by atoms with Crippen LogP contribution in [0, 0.1) is 17.0 Å². The molecule has 0 aliphatic heterocycles. The average Bonchev–Trinajstić information content (AvgIpc) is 2.70. The van der Waals surface area contributed by atoms with E-state index in [-0.39, 0.29) is 17.3 Å². The molecule has 0 aliphatic carbocycles. The number of carbonyl (C=O) groups is 3. The van der Waals surface area contributed by atoms with Crippen LogP contribution in [-0.2, 0) is 14.4 Å². The third kappa shape index (κ3) is 5.99. The minimum atomic E-state index is -0.612. The molecule has 2 rings (SSSR count). The van der Waals surface area contributed by atoms with Crippen molar-refractivity contribution in [2.45, 2.75) is 27.2 Å². The van der Waals surface area contributed by atoms with Gasteiger partial charge in [-0.3, -0.25) is 24.5 Å². The lowest BCUT2D eigenvalue weighted by Gasteiger charge is -2.14. The molecule has 9 nitrogen and oxygen atoms in total. The maximum atomic E-state index is 12.8. The van der Waals surface area contributed by atoms with Crippen LogP contribution in [0.5, 0.6) is 0 Å². The summed E-state index contributed by atoms with van der Waals surface area (Å²) in [6, 6.07) is 10.7. The summed E-state index contributed by atoms with van der Waals surface area (Å²) in [5.41, 5.74) is 1.81. The number of hydrogen-bond donors (Lipinski definition) is 3. The molecule has 0 saturated carbocycles. The summed E-state index contributed by atoms with van der Waals surface area (Å²) in [5.74, 6) is -1.24. The van der Waals surface area contributed by atoms with Crippen LogP contribution in [0.2, 0.25) is 0 Å². The number of nitrogens with one attached hydrogen (secondary N) is 3. The van der Waals surface area contributed by atoms with Crippen LogP contribution in [0.1, 0.15) is 31.4 Å². The van der Waals surface area contributed by atoms with Crippen molar-refractivity contribution in [2.75, 3.05) is 10.6 Å². The zero-order chi connectivity index (χ0) is 22.3. The Morgan fingerprint density at radius 2 is 1.70 bits per heavy atom. The first-order chi connectivity index (χ1) is 14.2. The Hall–Kier alpha value is -4.01. The quantitative estimate of drug-likeness (QED) is 0.366. The second-order valence-electron chi connectivity index (χ2n) is 6.43. The molecule has 3 N–H and O–H groups in total. The molecule has 0 unspecified atom stereocenters. The van der Waals surface area contributed by atoms with Crippen LogP contribution in [0.3, 0.4) is 0 Å². The zero-order valence-electron chi connectivity index (χ0n) is 16.8. The Kier molecular flexibility index (Phi) is 7.40. The topological polar surface area (TPSA) is 130 Å². The highest BCUT2D eigenvalue weighted by atomic mass is 16.6. The first-order valence-electron chi connectivity index (χ1n) is 9.15. The standard InChI is InChI=1S/C21H22N4O5/c1-4-20(27)23-17-9-6-10-18(13(17)2)24-21(28)19(22-14(3)26)12-15-7-5-8-16(11-15)25(29)30/h5-12H,4H2,1-3H3,(H,22,26)(H,23,27)(H,24,28)/b19-12-. The minimum absolute atomic E-state index is 0.0783. The largest absolute Gasteiger partial charge is 0.326 e. The summed E-state index contributed by atoms with van der Waals surface area (Å²) >= 11 is 0. The lowest BCUT2D eigenvalue weighted by Crippen LogP contribution is -2.29. The van der Waals surface area contributed by atoms with Crippen molar-refractivity contribution >= 4 is 40.9 Å². The number of anilines is 2. The monoisotopic (exact) mass is 410 g/mol. The normalized spacial score (nSPS) is 10.8. The van der Waals surface area contributed by atoms with E-state index < -0.39 is 16.7 Å². The first-order valence-corrected chi connectivity index (χ1v) is 9.15. The Bertz CT molecular complexity index is 1030. The van der Waals surface area contributed by atoms with E-state index in [1.807, 2.05) is 0 Å². The fourth-order valence-electron chi connectivity index (χ4n) is 2.58. The van der Waals surface area contributed by atoms with Gasteiger partial charge in [-0.1, -0.05) is 25.1 Å². The van der Waals surface area contributed by atoms with Crippen molar-refractivity contribution in [3.05, 3.63) is 69.4 Å². The third-order valence-corrected chi connectivity index (χ3v) is 4.12. The lowest BCUT2D eigenvalue weighted by atomic mass is 10.1. The summed E-state index contributed by atoms with van der Waals surface area (Å²) in [7, 11) is 0. The second kappa shape index (κ2) is 9.97. The highest BCUT2D eigenvalue weighted by Gasteiger charge is 2.15. The smallest absolute Gasteiger partial charge is 0.272 e. The van der Waals surface area contributed by atoms with Gasteiger partial charge in [-0.15, -0.1) is 0 Å². The fourth-order valence-corrected chi connectivity index (χ4v) is 2.58.